The SMILES string of the molecule is OCCCN(c1ccncc1Cl)C1CCC1. The minimum atomic E-state index is 0.228. The molecule has 4 heteroatoms. The minimum Gasteiger partial charge on any atom is -0.396 e. The quantitative estimate of drug-likeness (QED) is 0.859. The monoisotopic (exact) mass is 240 g/mol. The molecule has 0 atom stereocenters. The molecule has 1 fully saturated rings. The number of hydrogen-bond acceptors (Lipinski definition) is 3. The Labute approximate surface area is 101 Å². The Morgan fingerprint density at radius 3 is 2.88 bits per heavy atom. The molecule has 0 aromatic carbocycles. The minimum absolute atomic E-state index is 0.228. The summed E-state index contributed by atoms with van der Waals surface area (Å²) in [5, 5.41) is 9.63. The molecule has 2 rings (SSSR count). The zero-order chi connectivity index (χ0) is 11.4. The number of hydrogen-bond donors (Lipinski definition) is 1. The van der Waals surface area contributed by atoms with Crippen molar-refractivity contribution in [2.45, 2.75) is 31.7 Å². The molecule has 1 aromatic heterocycles. The average Bonchev–Trinajstić information content (AvgIpc) is 2.22. The van der Waals surface area contributed by atoms with Crippen LogP contribution in [0.5, 0.6) is 0 Å². The average molecular weight is 241 g/mol. The zero-order valence-electron chi connectivity index (χ0n) is 9.27. The highest BCUT2D eigenvalue weighted by molar-refractivity contribution is 6.33. The molecule has 1 N–H and O–H groups in total. The lowest BCUT2D eigenvalue weighted by Gasteiger charge is -2.39. The van der Waals surface area contributed by atoms with E-state index in [4.69, 9.17) is 16.7 Å². The number of aromatic nitrogens is 1. The van der Waals surface area contributed by atoms with Gasteiger partial charge in [-0.3, -0.25) is 4.98 Å². The normalized spacial score (nSPS) is 15.9. The Morgan fingerprint density at radius 1 is 1.50 bits per heavy atom. The Kier molecular flexibility index (Phi) is 4.02. The van der Waals surface area contributed by atoms with Crippen LogP contribution in [0.15, 0.2) is 18.5 Å². The third kappa shape index (κ3) is 2.47. The summed E-state index contributed by atoms with van der Waals surface area (Å²) in [6.45, 7) is 1.09. The van der Waals surface area contributed by atoms with Crippen LogP contribution in [-0.4, -0.2) is 29.3 Å². The van der Waals surface area contributed by atoms with Crippen molar-refractivity contribution < 1.29 is 5.11 Å². The summed E-state index contributed by atoms with van der Waals surface area (Å²) in [6, 6.07) is 2.55. The van der Waals surface area contributed by atoms with Gasteiger partial charge in [0, 0.05) is 31.6 Å². The van der Waals surface area contributed by atoms with Crippen molar-refractivity contribution in [1.82, 2.24) is 4.98 Å². The molecule has 1 aliphatic carbocycles. The van der Waals surface area contributed by atoms with Crippen LogP contribution < -0.4 is 4.90 Å². The van der Waals surface area contributed by atoms with Gasteiger partial charge in [0.05, 0.1) is 10.7 Å². The van der Waals surface area contributed by atoms with Gasteiger partial charge >= 0.3 is 0 Å². The standard InChI is InChI=1S/C12H17ClN2O/c13-11-9-14-6-5-12(11)15(7-2-8-16)10-3-1-4-10/h5-6,9-10,16H,1-4,7-8H2. The first kappa shape index (κ1) is 11.7. The molecule has 1 aromatic rings. The lowest BCUT2D eigenvalue weighted by Crippen LogP contribution is -2.41. The first-order chi connectivity index (χ1) is 7.83. The summed E-state index contributed by atoms with van der Waals surface area (Å²) >= 11 is 6.16. The number of aliphatic hydroxyl groups excluding tert-OH is 1. The van der Waals surface area contributed by atoms with Gasteiger partial charge in [0.15, 0.2) is 0 Å². The van der Waals surface area contributed by atoms with Crippen LogP contribution in [0.2, 0.25) is 5.02 Å². The summed E-state index contributed by atoms with van der Waals surface area (Å²) in [7, 11) is 0. The number of anilines is 1. The lowest BCUT2D eigenvalue weighted by molar-refractivity contribution is 0.283. The first-order valence-electron chi connectivity index (χ1n) is 5.80. The third-order valence-electron chi connectivity index (χ3n) is 3.13. The summed E-state index contributed by atoms with van der Waals surface area (Å²) < 4.78 is 0. The van der Waals surface area contributed by atoms with E-state index in [-0.39, 0.29) is 6.61 Å². The van der Waals surface area contributed by atoms with E-state index in [1.807, 2.05) is 6.07 Å². The topological polar surface area (TPSA) is 36.4 Å². The molecule has 1 saturated carbocycles. The lowest BCUT2D eigenvalue weighted by atomic mass is 9.91. The van der Waals surface area contributed by atoms with Gasteiger partial charge in [-0.25, -0.2) is 0 Å². The van der Waals surface area contributed by atoms with Crippen molar-refractivity contribution in [3.63, 3.8) is 0 Å². The fraction of sp³-hybridized carbons (Fsp3) is 0.583. The van der Waals surface area contributed by atoms with Gasteiger partial charge in [-0.05, 0) is 31.7 Å². The number of halogens is 1. The Balaban J connectivity index is 2.13. The molecule has 1 heterocycles. The second kappa shape index (κ2) is 5.51. The van der Waals surface area contributed by atoms with Crippen LogP contribution in [0.4, 0.5) is 5.69 Å². The van der Waals surface area contributed by atoms with Gasteiger partial charge < -0.3 is 10.0 Å². The highest BCUT2D eigenvalue weighted by atomic mass is 35.5. The van der Waals surface area contributed by atoms with Crippen molar-refractivity contribution in [3.05, 3.63) is 23.5 Å². The first-order valence-corrected chi connectivity index (χ1v) is 6.17. The largest absolute Gasteiger partial charge is 0.396 e. The van der Waals surface area contributed by atoms with Gasteiger partial charge in [-0.2, -0.15) is 0 Å². The second-order valence-electron chi connectivity index (χ2n) is 4.18. The molecule has 0 radical (unpaired) electrons. The highest BCUT2D eigenvalue weighted by Gasteiger charge is 2.25. The summed E-state index contributed by atoms with van der Waals surface area (Å²) in [6.07, 6.45) is 7.99. The molecule has 3 nitrogen and oxygen atoms in total. The maximum absolute atomic E-state index is 8.93. The molecule has 16 heavy (non-hydrogen) atoms. The summed E-state index contributed by atoms with van der Waals surface area (Å²) in [5.74, 6) is 0. The molecule has 1 aliphatic rings. The van der Waals surface area contributed by atoms with E-state index >= 15 is 0 Å². The Bertz CT molecular complexity index is 342. The van der Waals surface area contributed by atoms with Crippen molar-refractivity contribution in [1.29, 1.82) is 0 Å². The Morgan fingerprint density at radius 2 is 2.31 bits per heavy atom. The Hall–Kier alpha value is -0.800. The van der Waals surface area contributed by atoms with Gasteiger partial charge in [-0.1, -0.05) is 11.6 Å². The number of rotatable bonds is 5. The van der Waals surface area contributed by atoms with Crippen LogP contribution >= 0.6 is 11.6 Å². The van der Waals surface area contributed by atoms with Crippen molar-refractivity contribution in [3.8, 4) is 0 Å². The molecule has 0 saturated heterocycles. The molecule has 0 bridgehead atoms. The molecule has 0 unspecified atom stereocenters. The third-order valence-corrected chi connectivity index (χ3v) is 3.42. The van der Waals surface area contributed by atoms with E-state index in [0.717, 1.165) is 18.7 Å². The fourth-order valence-electron chi connectivity index (χ4n) is 2.04. The van der Waals surface area contributed by atoms with Crippen LogP contribution in [0.1, 0.15) is 25.7 Å². The maximum Gasteiger partial charge on any atom is 0.0822 e. The molecule has 0 amide bonds. The van der Waals surface area contributed by atoms with Crippen molar-refractivity contribution in [2.24, 2.45) is 0 Å². The van der Waals surface area contributed by atoms with Crippen LogP contribution in [0, 0.1) is 0 Å². The van der Waals surface area contributed by atoms with Crippen molar-refractivity contribution >= 4 is 17.3 Å². The van der Waals surface area contributed by atoms with E-state index in [9.17, 15) is 0 Å². The van der Waals surface area contributed by atoms with Gasteiger partial charge in [0.25, 0.3) is 0 Å². The number of nitrogens with zero attached hydrogens (tertiary/aromatic N) is 2. The maximum atomic E-state index is 8.93. The highest BCUT2D eigenvalue weighted by Crippen LogP contribution is 2.33. The molecule has 88 valence electrons. The van der Waals surface area contributed by atoms with Gasteiger partial charge in [0.2, 0.25) is 0 Å². The van der Waals surface area contributed by atoms with Gasteiger partial charge in [0.1, 0.15) is 0 Å². The van der Waals surface area contributed by atoms with E-state index in [0.29, 0.717) is 11.1 Å². The molecular formula is C12H17ClN2O. The van der Waals surface area contributed by atoms with Crippen LogP contribution in [-0.2, 0) is 0 Å². The van der Waals surface area contributed by atoms with E-state index in [1.54, 1.807) is 12.4 Å². The smallest absolute Gasteiger partial charge is 0.0822 e. The summed E-state index contributed by atoms with van der Waals surface area (Å²) in [5.41, 5.74) is 1.05. The molecular weight excluding hydrogens is 224 g/mol. The fourth-order valence-corrected chi connectivity index (χ4v) is 2.27. The zero-order valence-corrected chi connectivity index (χ0v) is 10.0. The van der Waals surface area contributed by atoms with Crippen molar-refractivity contribution in [2.75, 3.05) is 18.1 Å². The summed E-state index contributed by atoms with van der Waals surface area (Å²) in [4.78, 5) is 6.31. The molecule has 0 spiro atoms. The van der Waals surface area contributed by atoms with E-state index < -0.39 is 0 Å². The van der Waals surface area contributed by atoms with E-state index in [1.165, 1.54) is 19.3 Å². The number of pyridine rings is 1. The molecule has 0 aliphatic heterocycles. The van der Waals surface area contributed by atoms with Crippen LogP contribution in [0.3, 0.4) is 0 Å². The second-order valence-corrected chi connectivity index (χ2v) is 4.59. The predicted octanol–water partition coefficient (Wildman–Crippen LogP) is 2.48. The van der Waals surface area contributed by atoms with E-state index in [2.05, 4.69) is 9.88 Å². The predicted molar refractivity (Wildman–Crippen MR) is 65.9 cm³/mol. The number of aliphatic hydroxyl groups is 1. The van der Waals surface area contributed by atoms with Crippen LogP contribution in [0.25, 0.3) is 0 Å². The van der Waals surface area contributed by atoms with Gasteiger partial charge in [-0.15, -0.1) is 0 Å².